The number of hydrogen-bond donors (Lipinski definition) is 0. The van der Waals surface area contributed by atoms with Crippen LogP contribution in [0.3, 0.4) is 0 Å². The normalized spacial score (nSPS) is 13.5. The summed E-state index contributed by atoms with van der Waals surface area (Å²) in [7, 11) is -2.05. The third-order valence-electron chi connectivity index (χ3n) is 9.72. The van der Waals surface area contributed by atoms with Gasteiger partial charge in [0.2, 0.25) is 0 Å². The van der Waals surface area contributed by atoms with E-state index in [1.165, 1.54) is 20.5 Å². The number of nitrogens with zero attached hydrogens (tertiary/aromatic N) is 2. The van der Waals surface area contributed by atoms with E-state index in [-0.39, 0.29) is 11.1 Å². The van der Waals surface area contributed by atoms with E-state index >= 15 is 0 Å². The molecule has 0 amide bonds. The lowest BCUT2D eigenvalue weighted by Gasteiger charge is -2.18. The molecule has 0 spiro atoms. The van der Waals surface area contributed by atoms with Gasteiger partial charge < -0.3 is 4.57 Å². The van der Waals surface area contributed by atoms with Crippen molar-refractivity contribution in [1.29, 1.82) is 0 Å². The SMILES string of the molecule is C[Si]1(C)c2ccccc2-c2cc3c(=O)n(-c4ccccc4)c(=O)c4cc5c(cc4c3cc21)c1ccccc1n5-c1ccccc1. The van der Waals surface area contributed by atoms with Gasteiger partial charge >= 0.3 is 0 Å². The molecule has 1 aliphatic heterocycles. The van der Waals surface area contributed by atoms with Crippen LogP contribution in [0.4, 0.5) is 0 Å². The van der Waals surface area contributed by atoms with Crippen molar-refractivity contribution in [1.82, 2.24) is 9.13 Å². The summed E-state index contributed by atoms with van der Waals surface area (Å²) in [5.41, 5.74) is 5.27. The van der Waals surface area contributed by atoms with E-state index in [1.54, 1.807) is 0 Å². The van der Waals surface area contributed by atoms with Gasteiger partial charge in [-0.25, -0.2) is 4.57 Å². The van der Waals surface area contributed by atoms with Crippen LogP contribution in [0.1, 0.15) is 0 Å². The lowest BCUT2D eigenvalue weighted by molar-refractivity contribution is 0.976. The molecule has 3 heterocycles. The monoisotopic (exact) mass is 596 g/mol. The third kappa shape index (κ3) is 3.53. The smallest absolute Gasteiger partial charge is 0.266 e. The lowest BCUT2D eigenvalue weighted by Crippen LogP contribution is -2.49. The standard InChI is InChI=1S/C40H28N2O2Si/c1-45(2)37-20-12-10-18-28(37)32-22-33-30(24-38(32)45)29-21-31-27-17-9-11-19-35(27)41(25-13-5-3-6-14-25)36(31)23-34(29)40(44)42(39(33)43)26-15-7-4-8-16-26/h3-24H,1-2H3. The predicted octanol–water partition coefficient (Wildman–Crippen LogP) is 7.40. The molecule has 5 heteroatoms. The number of benzene rings is 6. The molecule has 6 aromatic carbocycles. The van der Waals surface area contributed by atoms with E-state index in [9.17, 15) is 9.59 Å². The van der Waals surface area contributed by atoms with Crippen molar-refractivity contribution < 1.29 is 0 Å². The summed E-state index contributed by atoms with van der Waals surface area (Å²) in [5, 5.41) is 7.53. The number of rotatable bonds is 2. The van der Waals surface area contributed by atoms with Crippen LogP contribution in [0, 0.1) is 0 Å². The largest absolute Gasteiger partial charge is 0.309 e. The molecule has 0 aliphatic carbocycles. The van der Waals surface area contributed by atoms with Crippen molar-refractivity contribution in [3.05, 3.63) is 154 Å². The number of fused-ring (bicyclic) bond motifs is 9. The molecule has 0 N–H and O–H groups in total. The van der Waals surface area contributed by atoms with Crippen LogP contribution in [0.25, 0.3) is 65.9 Å². The summed E-state index contributed by atoms with van der Waals surface area (Å²) >= 11 is 0. The zero-order valence-corrected chi connectivity index (χ0v) is 25.9. The third-order valence-corrected chi connectivity index (χ3v) is 13.3. The van der Waals surface area contributed by atoms with Crippen LogP contribution in [0.15, 0.2) is 143 Å². The molecule has 2 aromatic heterocycles. The van der Waals surface area contributed by atoms with Crippen molar-refractivity contribution in [2.24, 2.45) is 0 Å². The zero-order chi connectivity index (χ0) is 30.4. The summed E-state index contributed by atoms with van der Waals surface area (Å²) in [5.74, 6) is 0. The van der Waals surface area contributed by atoms with Crippen molar-refractivity contribution >= 4 is 61.8 Å². The van der Waals surface area contributed by atoms with Crippen LogP contribution in [-0.2, 0) is 0 Å². The van der Waals surface area contributed by atoms with Crippen molar-refractivity contribution in [2.75, 3.05) is 0 Å². The molecule has 1 aliphatic rings. The fourth-order valence-electron chi connectivity index (χ4n) is 7.56. The summed E-state index contributed by atoms with van der Waals surface area (Å²) < 4.78 is 3.58. The van der Waals surface area contributed by atoms with Gasteiger partial charge in [0, 0.05) is 21.8 Å². The Kier molecular flexibility index (Phi) is 5.32. The molecule has 4 nitrogen and oxygen atoms in total. The molecule has 0 bridgehead atoms. The first-order valence-corrected chi connectivity index (χ1v) is 18.3. The average Bonchev–Trinajstić information content (AvgIpc) is 3.49. The highest BCUT2D eigenvalue weighted by atomic mass is 28.3. The Morgan fingerprint density at radius 1 is 0.422 bits per heavy atom. The van der Waals surface area contributed by atoms with E-state index in [1.807, 2.05) is 54.6 Å². The maximum Gasteiger partial charge on any atom is 0.266 e. The van der Waals surface area contributed by atoms with Crippen LogP contribution in [-0.4, -0.2) is 17.2 Å². The Balaban J connectivity index is 1.53. The Morgan fingerprint density at radius 3 is 1.73 bits per heavy atom. The quantitative estimate of drug-likeness (QED) is 0.195. The minimum Gasteiger partial charge on any atom is -0.309 e. The van der Waals surface area contributed by atoms with Crippen LogP contribution >= 0.6 is 0 Å². The summed E-state index contributed by atoms with van der Waals surface area (Å²) in [6.45, 7) is 4.75. The summed E-state index contributed by atoms with van der Waals surface area (Å²) in [4.78, 5) is 29.3. The van der Waals surface area contributed by atoms with Gasteiger partial charge in [0.05, 0.1) is 22.1 Å². The molecule has 45 heavy (non-hydrogen) atoms. The van der Waals surface area contributed by atoms with Crippen molar-refractivity contribution in [3.63, 3.8) is 0 Å². The van der Waals surface area contributed by atoms with E-state index in [4.69, 9.17) is 0 Å². The molecular formula is C40H28N2O2Si. The number of para-hydroxylation sites is 3. The molecule has 8 aromatic rings. The van der Waals surface area contributed by atoms with Crippen molar-refractivity contribution in [2.45, 2.75) is 13.1 Å². The van der Waals surface area contributed by atoms with Gasteiger partial charge in [0.1, 0.15) is 8.07 Å². The van der Waals surface area contributed by atoms with E-state index < -0.39 is 8.07 Å². The van der Waals surface area contributed by atoms with Gasteiger partial charge in [-0.1, -0.05) is 98.0 Å². The van der Waals surface area contributed by atoms with E-state index in [2.05, 4.69) is 96.5 Å². The van der Waals surface area contributed by atoms with Gasteiger partial charge in [-0.15, -0.1) is 0 Å². The van der Waals surface area contributed by atoms with Gasteiger partial charge in [-0.3, -0.25) is 9.59 Å². The summed E-state index contributed by atoms with van der Waals surface area (Å²) in [6.07, 6.45) is 0. The highest BCUT2D eigenvalue weighted by molar-refractivity contribution is 7.04. The first-order chi connectivity index (χ1) is 21.9. The van der Waals surface area contributed by atoms with E-state index in [0.29, 0.717) is 16.5 Å². The molecule has 0 saturated heterocycles. The maximum absolute atomic E-state index is 14.7. The highest BCUT2D eigenvalue weighted by Crippen LogP contribution is 2.37. The van der Waals surface area contributed by atoms with Crippen LogP contribution in [0.2, 0.25) is 13.1 Å². The summed E-state index contributed by atoms with van der Waals surface area (Å²) in [6, 6.07) is 44.9. The highest BCUT2D eigenvalue weighted by Gasteiger charge is 2.37. The Morgan fingerprint density at radius 2 is 1.00 bits per heavy atom. The molecule has 0 saturated carbocycles. The Bertz CT molecular complexity index is 2650. The average molecular weight is 597 g/mol. The Hall–Kier alpha value is -5.52. The topological polar surface area (TPSA) is 44.0 Å². The molecule has 0 fully saturated rings. The molecule has 214 valence electrons. The second-order valence-corrected chi connectivity index (χ2v) is 16.8. The Labute approximate surface area is 260 Å². The van der Waals surface area contributed by atoms with Crippen LogP contribution < -0.4 is 21.5 Å². The lowest BCUT2D eigenvalue weighted by atomic mass is 9.99. The van der Waals surface area contributed by atoms with Gasteiger partial charge in [-0.05, 0) is 80.8 Å². The van der Waals surface area contributed by atoms with E-state index in [0.717, 1.165) is 43.8 Å². The number of hydrogen-bond acceptors (Lipinski definition) is 2. The minimum atomic E-state index is -2.05. The molecule has 0 radical (unpaired) electrons. The minimum absolute atomic E-state index is 0.301. The predicted molar refractivity (Wildman–Crippen MR) is 190 cm³/mol. The maximum atomic E-state index is 14.7. The fraction of sp³-hybridized carbons (Fsp3) is 0.0500. The van der Waals surface area contributed by atoms with Crippen LogP contribution in [0.5, 0.6) is 0 Å². The van der Waals surface area contributed by atoms with Gasteiger partial charge in [0.25, 0.3) is 11.1 Å². The molecule has 0 atom stereocenters. The van der Waals surface area contributed by atoms with Gasteiger partial charge in [-0.2, -0.15) is 0 Å². The van der Waals surface area contributed by atoms with Crippen molar-refractivity contribution in [3.8, 4) is 22.5 Å². The second kappa shape index (κ2) is 9.24. The second-order valence-electron chi connectivity index (χ2n) is 12.5. The fourth-order valence-corrected chi connectivity index (χ4v) is 10.6. The first-order valence-electron chi connectivity index (χ1n) is 15.3. The molecular weight excluding hydrogens is 569 g/mol. The first kappa shape index (κ1) is 25.9. The van der Waals surface area contributed by atoms with Gasteiger partial charge in [0.15, 0.2) is 0 Å². The zero-order valence-electron chi connectivity index (χ0n) is 24.9. The molecule has 0 unspecified atom stereocenters. The number of aromatic nitrogens is 2. The molecule has 9 rings (SSSR count).